The number of carbonyl (C=O) groups excluding carboxylic acids is 4. The van der Waals surface area contributed by atoms with Gasteiger partial charge in [0.25, 0.3) is 0 Å². The van der Waals surface area contributed by atoms with Crippen LogP contribution in [-0.4, -0.2) is 36.6 Å². The molecule has 0 N–H and O–H groups in total. The third-order valence-electron chi connectivity index (χ3n) is 3.91. The van der Waals surface area contributed by atoms with Crippen LogP contribution in [0.1, 0.15) is 39.7 Å². The van der Waals surface area contributed by atoms with Crippen molar-refractivity contribution in [2.45, 2.75) is 40.2 Å². The molecule has 10 heteroatoms. The number of halogens is 1. The van der Waals surface area contributed by atoms with Gasteiger partial charge in [0.2, 0.25) is 11.5 Å². The van der Waals surface area contributed by atoms with Gasteiger partial charge < -0.3 is 23.7 Å². The molecule has 0 amide bonds. The summed E-state index contributed by atoms with van der Waals surface area (Å²) in [7, 11) is 0. The highest BCUT2D eigenvalue weighted by Gasteiger charge is 2.38. The van der Waals surface area contributed by atoms with Gasteiger partial charge in [-0.3, -0.25) is 19.2 Å². The van der Waals surface area contributed by atoms with Gasteiger partial charge in [-0.15, -0.1) is 0 Å². The molecule has 0 bridgehead atoms. The summed E-state index contributed by atoms with van der Waals surface area (Å²) in [5.74, 6) is -3.43. The van der Waals surface area contributed by atoms with Crippen LogP contribution in [0.15, 0.2) is 53.4 Å². The molecule has 9 nitrogen and oxygen atoms in total. The van der Waals surface area contributed by atoms with E-state index in [4.69, 9.17) is 23.7 Å². The number of rotatable bonds is 8. The smallest absolute Gasteiger partial charge is 0.308 e. The van der Waals surface area contributed by atoms with E-state index in [1.165, 1.54) is 6.92 Å². The number of ether oxygens (including phenoxy) is 5. The minimum Gasteiger partial charge on any atom is -0.479 e. The van der Waals surface area contributed by atoms with Crippen LogP contribution in [0.3, 0.4) is 0 Å². The molecule has 0 fully saturated rings. The molecule has 0 spiro atoms. The lowest BCUT2D eigenvalue weighted by Crippen LogP contribution is -2.32. The maximum absolute atomic E-state index is 11.8. The van der Waals surface area contributed by atoms with Crippen molar-refractivity contribution in [2.75, 3.05) is 6.61 Å². The molecule has 1 heterocycles. The summed E-state index contributed by atoms with van der Waals surface area (Å²) >= 11 is 2.20. The molecule has 1 aliphatic heterocycles. The fraction of sp³-hybridized carbons (Fsp3) is 0.304. The van der Waals surface area contributed by atoms with Gasteiger partial charge in [-0.2, -0.15) is 0 Å². The first-order valence-electron chi connectivity index (χ1n) is 9.81. The topological polar surface area (TPSA) is 114 Å². The summed E-state index contributed by atoms with van der Waals surface area (Å²) in [6, 6.07) is 7.74. The molecule has 1 aliphatic rings. The summed E-state index contributed by atoms with van der Waals surface area (Å²) in [6.45, 7) is 4.30. The highest BCUT2D eigenvalue weighted by Crippen LogP contribution is 2.34. The molecular weight excluding hydrogens is 547 g/mol. The summed E-state index contributed by atoms with van der Waals surface area (Å²) in [5, 5.41) is 0. The van der Waals surface area contributed by atoms with E-state index in [1.54, 1.807) is 6.08 Å². The average Bonchev–Trinajstić information content (AvgIpc) is 2.69. The van der Waals surface area contributed by atoms with Crippen LogP contribution in [0.2, 0.25) is 0 Å². The van der Waals surface area contributed by atoms with Crippen molar-refractivity contribution >= 4 is 52.5 Å². The van der Waals surface area contributed by atoms with E-state index < -0.39 is 30.0 Å². The van der Waals surface area contributed by atoms with Gasteiger partial charge in [-0.1, -0.05) is 24.3 Å². The van der Waals surface area contributed by atoms with Crippen molar-refractivity contribution in [2.24, 2.45) is 0 Å². The molecule has 1 aromatic rings. The SMILES string of the molecule is CC(=O)OC[C@H]1OC(C/C=C/c2cccc(I)c2)=C(OC(C)=O)C(OC(C)=O)=C1OC(C)=O. The molecule has 2 rings (SSSR count). The van der Waals surface area contributed by atoms with Crippen LogP contribution in [-0.2, 0) is 42.9 Å². The van der Waals surface area contributed by atoms with Crippen LogP contribution in [0.5, 0.6) is 0 Å². The number of esters is 4. The van der Waals surface area contributed by atoms with Gasteiger partial charge in [0.1, 0.15) is 12.4 Å². The Balaban J connectivity index is 2.53. The summed E-state index contributed by atoms with van der Waals surface area (Å²) < 4.78 is 27.7. The lowest BCUT2D eigenvalue weighted by molar-refractivity contribution is -0.150. The first kappa shape index (κ1) is 26.1. The first-order valence-corrected chi connectivity index (χ1v) is 10.9. The van der Waals surface area contributed by atoms with Crippen LogP contribution in [0.25, 0.3) is 6.08 Å². The zero-order valence-corrected chi connectivity index (χ0v) is 20.7. The van der Waals surface area contributed by atoms with E-state index >= 15 is 0 Å². The number of carbonyl (C=O) groups is 4. The molecule has 0 saturated heterocycles. The molecule has 1 aromatic carbocycles. The number of allylic oxidation sites excluding steroid dienone is 1. The zero-order valence-electron chi connectivity index (χ0n) is 18.5. The van der Waals surface area contributed by atoms with E-state index in [0.29, 0.717) is 0 Å². The van der Waals surface area contributed by atoms with Gasteiger partial charge >= 0.3 is 23.9 Å². The Bertz CT molecular complexity index is 1040. The highest BCUT2D eigenvalue weighted by molar-refractivity contribution is 14.1. The lowest BCUT2D eigenvalue weighted by atomic mass is 10.1. The van der Waals surface area contributed by atoms with Crippen LogP contribution < -0.4 is 0 Å². The van der Waals surface area contributed by atoms with Crippen molar-refractivity contribution in [1.82, 2.24) is 0 Å². The van der Waals surface area contributed by atoms with E-state index in [-0.39, 0.29) is 36.1 Å². The molecule has 0 saturated carbocycles. The van der Waals surface area contributed by atoms with Crippen molar-refractivity contribution in [3.05, 3.63) is 62.5 Å². The summed E-state index contributed by atoms with van der Waals surface area (Å²) in [5.41, 5.74) is 0.931. The van der Waals surface area contributed by atoms with E-state index in [0.717, 1.165) is 29.9 Å². The summed E-state index contributed by atoms with van der Waals surface area (Å²) in [6.07, 6.45) is 2.60. The Labute approximate surface area is 204 Å². The van der Waals surface area contributed by atoms with Crippen molar-refractivity contribution in [3.63, 3.8) is 0 Å². The van der Waals surface area contributed by atoms with E-state index in [1.807, 2.05) is 30.3 Å². The number of benzene rings is 1. The van der Waals surface area contributed by atoms with Crippen molar-refractivity contribution in [1.29, 1.82) is 0 Å². The Morgan fingerprint density at radius 3 is 2.15 bits per heavy atom. The van der Waals surface area contributed by atoms with Crippen molar-refractivity contribution < 1.29 is 42.9 Å². The molecule has 0 unspecified atom stereocenters. The Hall–Kier alpha value is -3.15. The maximum atomic E-state index is 11.8. The van der Waals surface area contributed by atoms with Gasteiger partial charge in [0.05, 0.1) is 0 Å². The highest BCUT2D eigenvalue weighted by atomic mass is 127. The largest absolute Gasteiger partial charge is 0.479 e. The quantitative estimate of drug-likeness (QED) is 0.262. The Morgan fingerprint density at radius 2 is 1.58 bits per heavy atom. The third-order valence-corrected chi connectivity index (χ3v) is 4.58. The minimum atomic E-state index is -1.12. The Kier molecular flexibility index (Phi) is 9.64. The second-order valence-corrected chi connectivity index (χ2v) is 8.04. The number of hydrogen-bond acceptors (Lipinski definition) is 9. The molecule has 0 radical (unpaired) electrons. The zero-order chi connectivity index (χ0) is 24.5. The lowest BCUT2D eigenvalue weighted by Gasteiger charge is -2.29. The van der Waals surface area contributed by atoms with Gasteiger partial charge in [-0.05, 0) is 40.3 Å². The standard InChI is InChI=1S/C23H23IO9/c1-13(25)29-12-20-22(31-15(3)27)23(32-16(4)28)21(30-14(2)26)19(33-20)10-6-8-17-7-5-9-18(24)11-17/h5-9,11,20H,10,12H2,1-4H3/b8-6+/t20-/m1/s1. The van der Waals surface area contributed by atoms with Crippen LogP contribution >= 0.6 is 22.6 Å². The predicted octanol–water partition coefficient (Wildman–Crippen LogP) is 3.77. The van der Waals surface area contributed by atoms with Gasteiger partial charge in [-0.25, -0.2) is 0 Å². The minimum absolute atomic E-state index is 0.122. The fourth-order valence-corrected chi connectivity index (χ4v) is 3.34. The maximum Gasteiger partial charge on any atom is 0.308 e. The molecule has 0 aromatic heterocycles. The number of hydrogen-bond donors (Lipinski definition) is 0. The van der Waals surface area contributed by atoms with Crippen LogP contribution in [0.4, 0.5) is 0 Å². The average molecular weight is 570 g/mol. The van der Waals surface area contributed by atoms with E-state index in [9.17, 15) is 19.2 Å². The van der Waals surface area contributed by atoms with E-state index in [2.05, 4.69) is 22.6 Å². The second kappa shape index (κ2) is 12.2. The first-order chi connectivity index (χ1) is 15.6. The molecule has 176 valence electrons. The normalized spacial score (nSPS) is 15.7. The van der Waals surface area contributed by atoms with Gasteiger partial charge in [0, 0.05) is 37.7 Å². The summed E-state index contributed by atoms with van der Waals surface area (Å²) in [4.78, 5) is 46.6. The van der Waals surface area contributed by atoms with Crippen molar-refractivity contribution in [3.8, 4) is 0 Å². The fourth-order valence-electron chi connectivity index (χ4n) is 2.77. The molecule has 1 atom stereocenters. The monoisotopic (exact) mass is 570 g/mol. The predicted molar refractivity (Wildman–Crippen MR) is 124 cm³/mol. The third kappa shape index (κ3) is 8.37. The molecule has 33 heavy (non-hydrogen) atoms. The molecule has 0 aliphatic carbocycles. The van der Waals surface area contributed by atoms with Crippen LogP contribution in [0, 0.1) is 3.57 Å². The molecular formula is C23H23IO9. The Morgan fingerprint density at radius 1 is 0.939 bits per heavy atom. The van der Waals surface area contributed by atoms with Gasteiger partial charge in [0.15, 0.2) is 11.9 Å². The second-order valence-electron chi connectivity index (χ2n) is 6.80.